The molecule has 5 heterocycles. The molecule has 16 nitrogen and oxygen atoms in total. The second kappa shape index (κ2) is 17.1. The zero-order valence-electron chi connectivity index (χ0n) is 36.2. The van der Waals surface area contributed by atoms with Crippen molar-refractivity contribution in [3.8, 4) is 28.1 Å². The lowest BCUT2D eigenvalue weighted by Crippen LogP contribution is -2.51. The van der Waals surface area contributed by atoms with Crippen LogP contribution in [-0.2, 0) is 30.4 Å². The van der Waals surface area contributed by atoms with Crippen molar-refractivity contribution < 1.29 is 38.1 Å². The molecule has 0 radical (unpaired) electrons. The highest BCUT2D eigenvalue weighted by Gasteiger charge is 2.43. The SMILES string of the molecule is C=C(OC)[C@H]1C[C@@H](c2nc3c(ccc4cc5c(cc43)OCc3cc(-c4cnc([C@@H]6CCCN6C(=O)[C@@H](NC(=O)OC)C(C)C)[nH]4)ccc3-5)[nH]2)N(C(=O)[C@@H](NC(=O)OC)C(C)C)C1. The van der Waals surface area contributed by atoms with E-state index in [1.807, 2.05) is 39.8 Å². The summed E-state index contributed by atoms with van der Waals surface area (Å²) in [4.78, 5) is 72.5. The topological polar surface area (TPSA) is 193 Å². The highest BCUT2D eigenvalue weighted by Crippen LogP contribution is 2.44. The zero-order valence-corrected chi connectivity index (χ0v) is 36.2. The van der Waals surface area contributed by atoms with Crippen LogP contribution in [0.1, 0.15) is 76.3 Å². The molecule has 4 N–H and O–H groups in total. The van der Waals surface area contributed by atoms with Crippen molar-refractivity contribution in [2.24, 2.45) is 17.8 Å². The minimum Gasteiger partial charge on any atom is -0.501 e. The summed E-state index contributed by atoms with van der Waals surface area (Å²) in [5.74, 6) is 1.82. The maximum Gasteiger partial charge on any atom is 0.407 e. The number of nitrogens with zero attached hydrogens (tertiary/aromatic N) is 4. The van der Waals surface area contributed by atoms with Crippen LogP contribution in [0.25, 0.3) is 44.2 Å². The first kappa shape index (κ1) is 42.1. The lowest BCUT2D eigenvalue weighted by Gasteiger charge is -2.30. The molecule has 0 unspecified atom stereocenters. The molecule has 0 aliphatic carbocycles. The Bertz CT molecular complexity index is 2560. The van der Waals surface area contributed by atoms with Gasteiger partial charge in [-0.05, 0) is 77.4 Å². The van der Waals surface area contributed by atoms with Gasteiger partial charge in [-0.3, -0.25) is 9.59 Å². The molecule has 0 saturated carbocycles. The molecule has 16 heteroatoms. The molecule has 0 spiro atoms. The fourth-order valence-corrected chi connectivity index (χ4v) is 9.09. The molecule has 5 aromatic rings. The number of benzene rings is 3. The molecule has 62 heavy (non-hydrogen) atoms. The van der Waals surface area contributed by atoms with E-state index < -0.39 is 30.3 Å². The first-order valence-corrected chi connectivity index (χ1v) is 21.1. The molecule has 0 bridgehead atoms. The Morgan fingerprint density at radius 1 is 0.839 bits per heavy atom. The minimum absolute atomic E-state index is 0.124. The van der Waals surface area contributed by atoms with Gasteiger partial charge in [0.05, 0.1) is 62.1 Å². The Balaban J connectivity index is 1.05. The number of ether oxygens (including phenoxy) is 4. The van der Waals surface area contributed by atoms with Gasteiger partial charge < -0.3 is 49.3 Å². The number of carbonyl (C=O) groups is 4. The van der Waals surface area contributed by atoms with Gasteiger partial charge in [0.25, 0.3) is 0 Å². The van der Waals surface area contributed by atoms with Gasteiger partial charge >= 0.3 is 12.2 Å². The highest BCUT2D eigenvalue weighted by molar-refractivity contribution is 6.07. The largest absolute Gasteiger partial charge is 0.501 e. The quantitative estimate of drug-likeness (QED) is 0.0994. The van der Waals surface area contributed by atoms with Crippen molar-refractivity contribution in [2.75, 3.05) is 34.4 Å². The number of fused-ring (bicyclic) bond motifs is 6. The summed E-state index contributed by atoms with van der Waals surface area (Å²) >= 11 is 0. The Hall–Kier alpha value is -6.58. The molecule has 4 amide bonds. The molecule has 2 aromatic heterocycles. The van der Waals surface area contributed by atoms with Crippen LogP contribution < -0.4 is 15.4 Å². The Kier molecular flexibility index (Phi) is 11.6. The van der Waals surface area contributed by atoms with Crippen LogP contribution in [0.15, 0.2) is 61.0 Å². The van der Waals surface area contributed by atoms with Crippen LogP contribution in [0.4, 0.5) is 9.59 Å². The molecule has 3 aliphatic heterocycles. The maximum absolute atomic E-state index is 14.1. The predicted octanol–water partition coefficient (Wildman–Crippen LogP) is 7.14. The summed E-state index contributed by atoms with van der Waals surface area (Å²) in [5.41, 5.74) is 6.42. The van der Waals surface area contributed by atoms with Crippen LogP contribution in [0.3, 0.4) is 0 Å². The number of methoxy groups -OCH3 is 3. The number of rotatable bonds is 11. The third-order valence-corrected chi connectivity index (χ3v) is 12.5. The van der Waals surface area contributed by atoms with E-state index in [4.69, 9.17) is 28.9 Å². The summed E-state index contributed by atoms with van der Waals surface area (Å²) in [5, 5.41) is 7.32. The van der Waals surface area contributed by atoms with Crippen molar-refractivity contribution in [1.82, 2.24) is 40.4 Å². The average Bonchev–Trinajstić information content (AvgIpc) is 4.11. The van der Waals surface area contributed by atoms with E-state index in [0.717, 1.165) is 68.3 Å². The Morgan fingerprint density at radius 2 is 1.55 bits per heavy atom. The molecule has 2 saturated heterocycles. The fraction of sp³-hybridized carbons (Fsp3) is 0.435. The second-order valence-electron chi connectivity index (χ2n) is 17.0. The molecule has 2 fully saturated rings. The zero-order chi connectivity index (χ0) is 44.0. The summed E-state index contributed by atoms with van der Waals surface area (Å²) in [6, 6.07) is 12.3. The average molecular weight is 847 g/mol. The molecule has 3 aromatic carbocycles. The number of likely N-dealkylation sites (tertiary alicyclic amines) is 2. The van der Waals surface area contributed by atoms with E-state index in [-0.39, 0.29) is 35.6 Å². The van der Waals surface area contributed by atoms with Gasteiger partial charge in [0.2, 0.25) is 11.8 Å². The summed E-state index contributed by atoms with van der Waals surface area (Å²) < 4.78 is 21.6. The molecule has 326 valence electrons. The molecular weight excluding hydrogens is 793 g/mol. The third-order valence-electron chi connectivity index (χ3n) is 12.5. The fourth-order valence-electron chi connectivity index (χ4n) is 9.09. The number of nitrogens with one attached hydrogen (secondary N) is 4. The van der Waals surface area contributed by atoms with Gasteiger partial charge in [-0.25, -0.2) is 19.6 Å². The van der Waals surface area contributed by atoms with E-state index in [2.05, 4.69) is 57.5 Å². The van der Waals surface area contributed by atoms with Crippen molar-refractivity contribution in [1.29, 1.82) is 0 Å². The summed E-state index contributed by atoms with van der Waals surface area (Å²) in [7, 11) is 4.14. The van der Waals surface area contributed by atoms with Crippen LogP contribution in [0, 0.1) is 17.8 Å². The number of imidazole rings is 2. The van der Waals surface area contributed by atoms with Gasteiger partial charge in [-0.15, -0.1) is 0 Å². The van der Waals surface area contributed by atoms with Crippen LogP contribution in [0.5, 0.6) is 5.75 Å². The molecule has 3 aliphatic rings. The van der Waals surface area contributed by atoms with Gasteiger partial charge in [0.15, 0.2) is 0 Å². The van der Waals surface area contributed by atoms with Gasteiger partial charge in [0, 0.05) is 30.0 Å². The normalized spacial score (nSPS) is 19.2. The second-order valence-corrected chi connectivity index (χ2v) is 17.0. The monoisotopic (exact) mass is 846 g/mol. The number of hydrogen-bond donors (Lipinski definition) is 4. The van der Waals surface area contributed by atoms with Crippen molar-refractivity contribution in [3.63, 3.8) is 0 Å². The third kappa shape index (κ3) is 7.77. The summed E-state index contributed by atoms with van der Waals surface area (Å²) in [6.45, 7) is 13.0. The van der Waals surface area contributed by atoms with E-state index in [0.29, 0.717) is 43.5 Å². The Labute approximate surface area is 359 Å². The number of hydrogen-bond acceptors (Lipinski definition) is 10. The van der Waals surface area contributed by atoms with E-state index in [9.17, 15) is 19.2 Å². The van der Waals surface area contributed by atoms with Gasteiger partial charge in [-0.1, -0.05) is 52.5 Å². The van der Waals surface area contributed by atoms with Crippen molar-refractivity contribution in [2.45, 2.75) is 77.7 Å². The van der Waals surface area contributed by atoms with E-state index in [1.165, 1.54) is 14.2 Å². The maximum atomic E-state index is 14.1. The van der Waals surface area contributed by atoms with Crippen LogP contribution >= 0.6 is 0 Å². The van der Waals surface area contributed by atoms with Crippen molar-refractivity contribution >= 4 is 45.8 Å². The molecular formula is C46H54N8O8. The number of H-pyrrole nitrogens is 2. The van der Waals surface area contributed by atoms with Gasteiger partial charge in [-0.2, -0.15) is 0 Å². The lowest BCUT2D eigenvalue weighted by atomic mass is 9.92. The number of amides is 4. The predicted molar refractivity (Wildman–Crippen MR) is 232 cm³/mol. The first-order valence-electron chi connectivity index (χ1n) is 21.1. The van der Waals surface area contributed by atoms with E-state index >= 15 is 0 Å². The standard InChI is InChI=1S/C46H54N8O8/c1-23(2)38(51-45(57)60-7)43(55)53-15-9-10-35(53)41-47-20-34(49-41)27-11-13-30-29(16-27)22-62-37-19-31-26(17-32(30)37)12-14-33-40(31)50-42(48-33)36-18-28(25(5)59-6)21-54(36)44(56)39(24(3)4)52-46(58)61-8/h11-14,16-17,19-20,23-24,28,35-36,38-39H,5,9-10,15,18,21-22H2,1-4,6-8H3,(H,47,49)(H,48,50)(H,51,57)(H,52,58)/t28-,35-,36-,38-,39-/m0/s1. The number of carbonyl (C=O) groups excluding carboxylic acids is 4. The molecule has 5 atom stereocenters. The smallest absolute Gasteiger partial charge is 0.407 e. The van der Waals surface area contributed by atoms with Crippen molar-refractivity contribution in [3.05, 3.63) is 78.2 Å². The summed E-state index contributed by atoms with van der Waals surface area (Å²) in [6.07, 6.45) is 2.63. The number of alkyl carbamates (subject to hydrolysis) is 2. The minimum atomic E-state index is -0.800. The van der Waals surface area contributed by atoms with E-state index in [1.54, 1.807) is 23.1 Å². The lowest BCUT2D eigenvalue weighted by molar-refractivity contribution is -0.136. The van der Waals surface area contributed by atoms with Gasteiger partial charge in [0.1, 0.15) is 36.1 Å². The Morgan fingerprint density at radius 3 is 2.23 bits per heavy atom. The highest BCUT2D eigenvalue weighted by atomic mass is 16.5. The number of aromatic amines is 2. The first-order chi connectivity index (χ1) is 29.8. The van der Waals surface area contributed by atoms with Crippen LogP contribution in [-0.4, -0.2) is 100 Å². The van der Waals surface area contributed by atoms with Crippen LogP contribution in [0.2, 0.25) is 0 Å². The number of aromatic nitrogens is 4. The molecule has 8 rings (SSSR count).